The molecule has 2 unspecified atom stereocenters. The Balaban J connectivity index is 1.92. The Hall–Kier alpha value is -4.85. The molecule has 1 aliphatic carbocycles. The van der Waals surface area contributed by atoms with E-state index >= 15 is 0 Å². The third-order valence-corrected chi connectivity index (χ3v) is 10.8. The summed E-state index contributed by atoms with van der Waals surface area (Å²) in [6.07, 6.45) is -25.8. The van der Waals surface area contributed by atoms with Crippen LogP contribution in [-0.4, -0.2) is 57.9 Å². The Kier molecular flexibility index (Phi) is 11.7. The zero-order valence-electron chi connectivity index (χ0n) is 32.2. The lowest BCUT2D eigenvalue weighted by Gasteiger charge is -2.42. The van der Waals surface area contributed by atoms with E-state index in [4.69, 9.17) is 4.74 Å². The molecule has 4 rings (SSSR count). The van der Waals surface area contributed by atoms with Crippen molar-refractivity contribution in [3.63, 3.8) is 0 Å². The molecule has 20 heteroatoms. The van der Waals surface area contributed by atoms with Gasteiger partial charge in [-0.3, -0.25) is 14.4 Å². The molecule has 4 N–H and O–H groups in total. The number of nitrogens with one attached hydrogen (secondary N) is 2. The van der Waals surface area contributed by atoms with Crippen molar-refractivity contribution in [3.8, 4) is 11.5 Å². The summed E-state index contributed by atoms with van der Waals surface area (Å²) in [5, 5.41) is 24.9. The van der Waals surface area contributed by atoms with Gasteiger partial charge in [-0.1, -0.05) is 27.7 Å². The largest absolute Gasteiger partial charge is 0.457 e. The van der Waals surface area contributed by atoms with Gasteiger partial charge in [0.1, 0.15) is 11.5 Å². The summed E-state index contributed by atoms with van der Waals surface area (Å²) in [6, 6.07) is 5.24. The van der Waals surface area contributed by atoms with E-state index in [0.717, 1.165) is 12.1 Å². The second kappa shape index (κ2) is 14.7. The number of halogens is 12. The van der Waals surface area contributed by atoms with Crippen LogP contribution < -0.4 is 15.4 Å². The van der Waals surface area contributed by atoms with Crippen LogP contribution in [0.1, 0.15) is 104 Å². The third kappa shape index (κ3) is 7.84. The van der Waals surface area contributed by atoms with Crippen molar-refractivity contribution in [1.29, 1.82) is 0 Å². The van der Waals surface area contributed by atoms with Crippen LogP contribution in [0.3, 0.4) is 0 Å². The first-order valence-electron chi connectivity index (χ1n) is 17.6. The van der Waals surface area contributed by atoms with Gasteiger partial charge < -0.3 is 25.6 Å². The van der Waals surface area contributed by atoms with Crippen molar-refractivity contribution in [3.05, 3.63) is 82.4 Å². The molecule has 0 spiro atoms. The highest BCUT2D eigenvalue weighted by Gasteiger charge is 2.73. The van der Waals surface area contributed by atoms with Gasteiger partial charge in [0.2, 0.25) is 0 Å². The molecular formula is C39H38F12N2O6. The Morgan fingerprint density at radius 1 is 0.610 bits per heavy atom. The van der Waals surface area contributed by atoms with Gasteiger partial charge in [-0.15, -0.1) is 0 Å². The van der Waals surface area contributed by atoms with Gasteiger partial charge in [-0.25, -0.2) is 0 Å². The molecule has 0 saturated heterocycles. The second-order valence-electron chi connectivity index (χ2n) is 15.6. The van der Waals surface area contributed by atoms with Crippen LogP contribution in [0.5, 0.6) is 11.5 Å². The number of carbonyl (C=O) groups excluding carboxylic acids is 3. The van der Waals surface area contributed by atoms with Crippen molar-refractivity contribution >= 4 is 28.8 Å². The number of anilines is 2. The minimum Gasteiger partial charge on any atom is -0.457 e. The van der Waals surface area contributed by atoms with Gasteiger partial charge in [-0.2, -0.15) is 52.7 Å². The van der Waals surface area contributed by atoms with Crippen LogP contribution in [-0.2, 0) is 11.2 Å². The van der Waals surface area contributed by atoms with Crippen molar-refractivity contribution in [2.24, 2.45) is 10.8 Å². The van der Waals surface area contributed by atoms with Gasteiger partial charge in [0.05, 0.1) is 0 Å². The van der Waals surface area contributed by atoms with Crippen LogP contribution in [0.4, 0.5) is 64.1 Å². The average molecular weight is 859 g/mol. The second-order valence-corrected chi connectivity index (χ2v) is 15.6. The lowest BCUT2D eigenvalue weighted by atomic mass is 9.58. The number of benzene rings is 3. The van der Waals surface area contributed by atoms with Gasteiger partial charge in [0, 0.05) is 55.6 Å². The number of carbonyl (C=O) groups is 3. The van der Waals surface area contributed by atoms with Crippen LogP contribution in [0, 0.1) is 10.8 Å². The maximum Gasteiger partial charge on any atom is 0.430 e. The normalized spacial score (nSPS) is 19.7. The zero-order chi connectivity index (χ0) is 45.3. The van der Waals surface area contributed by atoms with E-state index in [2.05, 4.69) is 5.32 Å². The first-order chi connectivity index (χ1) is 26.5. The maximum atomic E-state index is 14.3. The monoisotopic (exact) mass is 858 g/mol. The fraction of sp³-hybridized carbons (Fsp3) is 0.462. The highest BCUT2D eigenvalue weighted by molar-refractivity contribution is 6.15. The molecule has 3 aromatic carbocycles. The summed E-state index contributed by atoms with van der Waals surface area (Å²) in [5.41, 5.74) is -22.5. The molecule has 0 saturated carbocycles. The van der Waals surface area contributed by atoms with Crippen molar-refractivity contribution in [2.75, 3.05) is 10.6 Å². The Bertz CT molecular complexity index is 2080. The third-order valence-electron chi connectivity index (χ3n) is 10.8. The van der Waals surface area contributed by atoms with E-state index in [1.807, 2.05) is 5.32 Å². The molecule has 2 bridgehead atoms. The smallest absolute Gasteiger partial charge is 0.430 e. The molecule has 0 radical (unpaired) electrons. The number of fused-ring (bicyclic) bond motifs is 2. The summed E-state index contributed by atoms with van der Waals surface area (Å²) in [5.74, 6) is -4.82. The minimum absolute atomic E-state index is 0.0109. The summed E-state index contributed by atoms with van der Waals surface area (Å²) in [7, 11) is 0. The van der Waals surface area contributed by atoms with Crippen molar-refractivity contribution in [1.82, 2.24) is 0 Å². The van der Waals surface area contributed by atoms with Gasteiger partial charge in [-0.05, 0) is 88.2 Å². The molecule has 1 amide bonds. The van der Waals surface area contributed by atoms with Gasteiger partial charge >= 0.3 is 24.7 Å². The highest BCUT2D eigenvalue weighted by Crippen LogP contribution is 2.55. The lowest BCUT2D eigenvalue weighted by Crippen LogP contribution is -2.54. The number of amides is 1. The number of aliphatic hydroxyl groups is 2. The number of ether oxygens (including phenoxy) is 1. The predicted molar refractivity (Wildman–Crippen MR) is 188 cm³/mol. The average Bonchev–Trinajstić information content (AvgIpc) is 3.14. The number of rotatable bonds is 9. The molecule has 0 aliphatic heterocycles. The summed E-state index contributed by atoms with van der Waals surface area (Å²) < 4.78 is 175. The molecule has 1 aliphatic rings. The SMILES string of the molecule is CCC1(C)C(=O)c2cc(C(=O)Nc3ccc(Oc4ccc(NC(C)(C)C)c(C(O)(C(F)(F)F)C(F)(F)F)c4)cc3C(O)(C(F)(F)F)C(F)(F)F)cc(c2)C(=O)C1(C)CC. The van der Waals surface area contributed by atoms with Gasteiger partial charge in [0.15, 0.2) is 11.6 Å². The molecule has 59 heavy (non-hydrogen) atoms. The number of hydrogen-bond acceptors (Lipinski definition) is 7. The molecular weight excluding hydrogens is 820 g/mol. The lowest BCUT2D eigenvalue weighted by molar-refractivity contribution is -0.376. The Labute approximate surface area is 328 Å². The predicted octanol–water partition coefficient (Wildman–Crippen LogP) is 10.8. The standard InChI is InChI=1S/C39H38F12N2O6/c1-8-32(6)28(54)19-14-20(29(55)33(32,7)9-2)16-21(15-19)30(56)52-26-12-10-22(17-24(26)34(57,36(40,41)42)37(43,44)45)59-23-11-13-27(53-31(3,4)5)25(18-23)35(58,38(46,47)48)39(49,50)51/h10-18,53,57-58H,8-9H2,1-7H3,(H,52,56). The van der Waals surface area contributed by atoms with Gasteiger partial charge in [0.25, 0.3) is 17.1 Å². The number of alkyl halides is 12. The molecule has 324 valence electrons. The van der Waals surface area contributed by atoms with E-state index in [1.165, 1.54) is 26.8 Å². The fourth-order valence-electron chi connectivity index (χ4n) is 6.92. The fourth-order valence-corrected chi connectivity index (χ4v) is 6.92. The molecule has 3 aromatic rings. The zero-order valence-corrected chi connectivity index (χ0v) is 32.2. The molecule has 0 fully saturated rings. The van der Waals surface area contributed by atoms with E-state index in [0.29, 0.717) is 24.3 Å². The van der Waals surface area contributed by atoms with Crippen LogP contribution in [0.15, 0.2) is 54.6 Å². The Morgan fingerprint density at radius 2 is 0.966 bits per heavy atom. The van der Waals surface area contributed by atoms with E-state index in [-0.39, 0.29) is 36.1 Å². The molecule has 2 atom stereocenters. The molecule has 0 heterocycles. The summed E-state index contributed by atoms with van der Waals surface area (Å²) in [4.78, 5) is 41.1. The van der Waals surface area contributed by atoms with Crippen molar-refractivity contribution in [2.45, 2.75) is 103 Å². The maximum absolute atomic E-state index is 14.3. The molecule has 8 nitrogen and oxygen atoms in total. The quantitative estimate of drug-likeness (QED) is 0.158. The van der Waals surface area contributed by atoms with E-state index in [9.17, 15) is 77.3 Å². The van der Waals surface area contributed by atoms with Crippen LogP contribution in [0.2, 0.25) is 0 Å². The number of Topliss-reactive ketones (excluding diaryl/α,β-unsaturated/α-hetero) is 2. The van der Waals surface area contributed by atoms with Crippen LogP contribution >= 0.6 is 0 Å². The highest BCUT2D eigenvalue weighted by atomic mass is 19.4. The minimum atomic E-state index is -6.60. The first kappa shape index (κ1) is 46.8. The van der Waals surface area contributed by atoms with E-state index < -0.39 is 109 Å². The first-order valence-corrected chi connectivity index (χ1v) is 17.6. The topological polar surface area (TPSA) is 125 Å². The van der Waals surface area contributed by atoms with E-state index in [1.54, 1.807) is 27.7 Å². The van der Waals surface area contributed by atoms with Crippen LogP contribution in [0.25, 0.3) is 0 Å². The Morgan fingerprint density at radius 3 is 1.31 bits per heavy atom. The van der Waals surface area contributed by atoms with Crippen molar-refractivity contribution < 1.29 is 82.0 Å². The number of hydrogen-bond donors (Lipinski definition) is 4. The summed E-state index contributed by atoms with van der Waals surface area (Å²) in [6.45, 7) is 10.4. The summed E-state index contributed by atoms with van der Waals surface area (Å²) >= 11 is 0. The number of ketones is 2. The molecule has 0 aromatic heterocycles.